The summed E-state index contributed by atoms with van der Waals surface area (Å²) in [5.41, 5.74) is 0.686. The Morgan fingerprint density at radius 2 is 1.68 bits per heavy atom. The van der Waals surface area contributed by atoms with Crippen molar-refractivity contribution in [3.63, 3.8) is 0 Å². The maximum atomic E-state index is 12.5. The van der Waals surface area contributed by atoms with Crippen molar-refractivity contribution in [1.29, 1.82) is 0 Å². The lowest BCUT2D eigenvalue weighted by molar-refractivity contribution is -0.133. The van der Waals surface area contributed by atoms with Crippen molar-refractivity contribution >= 4 is 11.8 Å². The largest absolute Gasteiger partial charge is 0.493 e. The number of likely N-dealkylation sites (tertiary alicyclic amines) is 1. The van der Waals surface area contributed by atoms with Crippen molar-refractivity contribution in [3.05, 3.63) is 29.8 Å². The Kier molecular flexibility index (Phi) is 7.31. The highest BCUT2D eigenvalue weighted by Gasteiger charge is 2.23. The third kappa shape index (κ3) is 5.71. The van der Waals surface area contributed by atoms with Gasteiger partial charge in [-0.2, -0.15) is 0 Å². The molecule has 0 radical (unpaired) electrons. The SMILES string of the molecule is CC(C)CC(=O)N1CCC(COc2ccc(C(=O)N3CCOCC3)cc2)CC1. The molecule has 0 saturated carbocycles. The molecule has 0 aromatic heterocycles. The third-order valence-corrected chi connectivity index (χ3v) is 5.44. The van der Waals surface area contributed by atoms with Crippen LogP contribution in [0.3, 0.4) is 0 Å². The van der Waals surface area contributed by atoms with Gasteiger partial charge in [0.2, 0.25) is 5.91 Å². The molecule has 1 aromatic carbocycles. The van der Waals surface area contributed by atoms with Crippen LogP contribution in [0.2, 0.25) is 0 Å². The van der Waals surface area contributed by atoms with Gasteiger partial charge in [0.15, 0.2) is 0 Å². The fourth-order valence-corrected chi connectivity index (χ4v) is 3.68. The van der Waals surface area contributed by atoms with Crippen LogP contribution in [0.25, 0.3) is 0 Å². The lowest BCUT2D eigenvalue weighted by Crippen LogP contribution is -2.40. The van der Waals surface area contributed by atoms with Gasteiger partial charge in [0.05, 0.1) is 19.8 Å². The van der Waals surface area contributed by atoms with E-state index in [1.807, 2.05) is 34.1 Å². The van der Waals surface area contributed by atoms with Crippen LogP contribution in [-0.4, -0.2) is 67.6 Å². The summed E-state index contributed by atoms with van der Waals surface area (Å²) in [7, 11) is 0. The Labute approximate surface area is 167 Å². The Bertz CT molecular complexity index is 645. The Balaban J connectivity index is 1.42. The van der Waals surface area contributed by atoms with E-state index in [1.165, 1.54) is 0 Å². The van der Waals surface area contributed by atoms with Crippen molar-refractivity contribution in [2.75, 3.05) is 46.0 Å². The molecular formula is C22H32N2O4. The van der Waals surface area contributed by atoms with Crippen LogP contribution in [0.1, 0.15) is 43.5 Å². The molecule has 2 aliphatic rings. The fourth-order valence-electron chi connectivity index (χ4n) is 3.68. The topological polar surface area (TPSA) is 59.1 Å². The number of hydrogen-bond acceptors (Lipinski definition) is 4. The number of ether oxygens (including phenoxy) is 2. The van der Waals surface area contributed by atoms with Gasteiger partial charge in [-0.3, -0.25) is 9.59 Å². The summed E-state index contributed by atoms with van der Waals surface area (Å²) in [6, 6.07) is 7.41. The number of hydrogen-bond donors (Lipinski definition) is 0. The zero-order chi connectivity index (χ0) is 19.9. The van der Waals surface area contributed by atoms with Crippen molar-refractivity contribution in [2.24, 2.45) is 11.8 Å². The molecule has 0 spiro atoms. The predicted octanol–water partition coefficient (Wildman–Crippen LogP) is 2.82. The van der Waals surface area contributed by atoms with Gasteiger partial charge in [-0.1, -0.05) is 13.8 Å². The van der Waals surface area contributed by atoms with Gasteiger partial charge in [-0.05, 0) is 48.9 Å². The van der Waals surface area contributed by atoms with Crippen LogP contribution in [0.5, 0.6) is 5.75 Å². The Morgan fingerprint density at radius 1 is 1.04 bits per heavy atom. The van der Waals surface area contributed by atoms with Gasteiger partial charge in [0.25, 0.3) is 5.91 Å². The van der Waals surface area contributed by atoms with E-state index in [1.54, 1.807) is 0 Å². The molecule has 0 aliphatic carbocycles. The maximum Gasteiger partial charge on any atom is 0.254 e. The van der Waals surface area contributed by atoms with Crippen molar-refractivity contribution in [3.8, 4) is 5.75 Å². The molecule has 2 saturated heterocycles. The van der Waals surface area contributed by atoms with Crippen LogP contribution >= 0.6 is 0 Å². The first-order valence-corrected chi connectivity index (χ1v) is 10.4. The molecule has 28 heavy (non-hydrogen) atoms. The number of amides is 2. The molecule has 6 nitrogen and oxygen atoms in total. The highest BCUT2D eigenvalue weighted by atomic mass is 16.5. The molecule has 2 aliphatic heterocycles. The number of nitrogens with zero attached hydrogens (tertiary/aromatic N) is 2. The monoisotopic (exact) mass is 388 g/mol. The van der Waals surface area contributed by atoms with E-state index in [2.05, 4.69) is 13.8 Å². The van der Waals surface area contributed by atoms with Crippen LogP contribution in [-0.2, 0) is 9.53 Å². The van der Waals surface area contributed by atoms with E-state index >= 15 is 0 Å². The summed E-state index contributed by atoms with van der Waals surface area (Å²) in [5, 5.41) is 0. The zero-order valence-electron chi connectivity index (χ0n) is 17.1. The minimum Gasteiger partial charge on any atom is -0.493 e. The number of carbonyl (C=O) groups is 2. The quantitative estimate of drug-likeness (QED) is 0.752. The highest BCUT2D eigenvalue weighted by Crippen LogP contribution is 2.21. The van der Waals surface area contributed by atoms with Gasteiger partial charge >= 0.3 is 0 Å². The molecule has 3 rings (SSSR count). The Hall–Kier alpha value is -2.08. The van der Waals surface area contributed by atoms with Crippen molar-refractivity contribution in [1.82, 2.24) is 9.80 Å². The molecule has 0 atom stereocenters. The van der Waals surface area contributed by atoms with Gasteiger partial charge in [-0.15, -0.1) is 0 Å². The standard InChI is InChI=1S/C22H32N2O4/c1-17(2)15-21(25)23-9-7-18(8-10-23)16-28-20-5-3-19(4-6-20)22(26)24-11-13-27-14-12-24/h3-6,17-18H,7-16H2,1-2H3. The number of benzene rings is 1. The van der Waals surface area contributed by atoms with Crippen LogP contribution in [0.4, 0.5) is 0 Å². The molecule has 154 valence electrons. The minimum atomic E-state index is 0.0493. The second-order valence-electron chi connectivity index (χ2n) is 8.16. The first kappa shape index (κ1) is 20.6. The van der Waals surface area contributed by atoms with Crippen LogP contribution in [0.15, 0.2) is 24.3 Å². The van der Waals surface area contributed by atoms with Crippen LogP contribution in [0, 0.1) is 11.8 Å². The smallest absolute Gasteiger partial charge is 0.254 e. The summed E-state index contributed by atoms with van der Waals surface area (Å²) < 4.78 is 11.2. The van der Waals surface area contributed by atoms with Crippen molar-refractivity contribution < 1.29 is 19.1 Å². The first-order chi connectivity index (χ1) is 13.5. The maximum absolute atomic E-state index is 12.5. The van der Waals surface area contributed by atoms with E-state index in [-0.39, 0.29) is 11.8 Å². The van der Waals surface area contributed by atoms with E-state index in [9.17, 15) is 9.59 Å². The van der Waals surface area contributed by atoms with E-state index in [0.717, 1.165) is 31.7 Å². The molecule has 2 fully saturated rings. The first-order valence-electron chi connectivity index (χ1n) is 10.4. The van der Waals surface area contributed by atoms with Gasteiger partial charge in [0.1, 0.15) is 5.75 Å². The molecule has 0 unspecified atom stereocenters. The minimum absolute atomic E-state index is 0.0493. The predicted molar refractivity (Wildman–Crippen MR) is 107 cm³/mol. The normalized spacial score (nSPS) is 18.4. The summed E-state index contributed by atoms with van der Waals surface area (Å²) >= 11 is 0. The molecule has 0 N–H and O–H groups in total. The molecule has 6 heteroatoms. The lowest BCUT2D eigenvalue weighted by Gasteiger charge is -2.32. The number of piperidine rings is 1. The number of carbonyl (C=O) groups excluding carboxylic acids is 2. The third-order valence-electron chi connectivity index (χ3n) is 5.44. The number of morpholine rings is 1. The number of rotatable bonds is 6. The highest BCUT2D eigenvalue weighted by molar-refractivity contribution is 5.94. The van der Waals surface area contributed by atoms with Gasteiger partial charge in [0, 0.05) is 38.2 Å². The average molecular weight is 389 g/mol. The summed E-state index contributed by atoms with van der Waals surface area (Å²) in [5.74, 6) is 1.99. The Morgan fingerprint density at radius 3 is 2.29 bits per heavy atom. The lowest BCUT2D eigenvalue weighted by atomic mass is 9.97. The second-order valence-corrected chi connectivity index (χ2v) is 8.16. The molecular weight excluding hydrogens is 356 g/mol. The molecule has 1 aromatic rings. The van der Waals surface area contributed by atoms with Gasteiger partial charge < -0.3 is 19.3 Å². The van der Waals surface area contributed by atoms with Gasteiger partial charge in [-0.25, -0.2) is 0 Å². The average Bonchev–Trinajstić information content (AvgIpc) is 2.72. The van der Waals surface area contributed by atoms with Crippen LogP contribution < -0.4 is 4.74 Å². The fraction of sp³-hybridized carbons (Fsp3) is 0.636. The summed E-state index contributed by atoms with van der Waals surface area (Å²) in [6.45, 7) is 8.98. The molecule has 2 heterocycles. The second kappa shape index (κ2) is 9.92. The van der Waals surface area contributed by atoms with E-state index in [4.69, 9.17) is 9.47 Å². The molecule has 0 bridgehead atoms. The summed E-state index contributed by atoms with van der Waals surface area (Å²) in [4.78, 5) is 28.4. The molecule has 2 amide bonds. The van der Waals surface area contributed by atoms with E-state index in [0.29, 0.717) is 56.7 Å². The van der Waals surface area contributed by atoms with E-state index < -0.39 is 0 Å². The zero-order valence-corrected chi connectivity index (χ0v) is 17.1. The van der Waals surface area contributed by atoms with Crippen molar-refractivity contribution in [2.45, 2.75) is 33.1 Å². The summed E-state index contributed by atoms with van der Waals surface area (Å²) in [6.07, 6.45) is 2.60.